The molecule has 0 atom stereocenters. The first-order valence-electron chi connectivity index (χ1n) is 2.91. The van der Waals surface area contributed by atoms with Gasteiger partial charge in [0.05, 0.1) is 0 Å². The number of rotatable bonds is 2. The Balaban J connectivity index is 3.36. The first-order valence-corrected chi connectivity index (χ1v) is 5.90. The molecule has 2 heteroatoms. The maximum absolute atomic E-state index is 5.85. The Bertz CT molecular complexity index is 46.0. The minimum absolute atomic E-state index is 1.15. The van der Waals surface area contributed by atoms with Crippen molar-refractivity contribution in [3.8, 4) is 0 Å². The second-order valence-electron chi connectivity index (χ2n) is 2.36. The van der Waals surface area contributed by atoms with Gasteiger partial charge in [0.2, 0.25) is 0 Å². The Kier molecular flexibility index (Phi) is 2.54. The highest BCUT2D eigenvalue weighted by Gasteiger charge is 2.14. The van der Waals surface area contributed by atoms with E-state index in [1.807, 2.05) is 0 Å². The monoisotopic (exact) mass is 117 g/mol. The van der Waals surface area contributed by atoms with Gasteiger partial charge < -0.3 is 5.40 Å². The van der Waals surface area contributed by atoms with Crippen LogP contribution in [0.4, 0.5) is 0 Å². The van der Waals surface area contributed by atoms with Crippen molar-refractivity contribution in [3.05, 3.63) is 0 Å². The number of hydrogen-bond acceptors (Lipinski definition) is 1. The highest BCUT2D eigenvalue weighted by Crippen LogP contribution is 2.04. The highest BCUT2D eigenvalue weighted by atomic mass is 28.3. The van der Waals surface area contributed by atoms with Crippen LogP contribution in [0.5, 0.6) is 0 Å². The van der Waals surface area contributed by atoms with Crippen LogP contribution in [-0.2, 0) is 0 Å². The van der Waals surface area contributed by atoms with E-state index in [0.29, 0.717) is 0 Å². The van der Waals surface area contributed by atoms with Gasteiger partial charge in [0.1, 0.15) is 8.24 Å². The van der Waals surface area contributed by atoms with Gasteiger partial charge in [-0.2, -0.15) is 0 Å². The van der Waals surface area contributed by atoms with Gasteiger partial charge in [0.25, 0.3) is 0 Å². The lowest BCUT2D eigenvalue weighted by Gasteiger charge is -2.15. The largest absolute Gasteiger partial charge is 0.351 e. The Labute approximate surface area is 47.0 Å². The summed E-state index contributed by atoms with van der Waals surface area (Å²) in [6.45, 7) is 6.57. The summed E-state index contributed by atoms with van der Waals surface area (Å²) in [5, 5.41) is 5.85. The van der Waals surface area contributed by atoms with Crippen LogP contribution < -0.4 is 5.40 Å². The lowest BCUT2D eigenvalue weighted by molar-refractivity contribution is 1.22. The van der Waals surface area contributed by atoms with Gasteiger partial charge in [-0.15, -0.1) is 0 Å². The third-order valence-electron chi connectivity index (χ3n) is 1.62. The molecule has 0 saturated carbocycles. The van der Waals surface area contributed by atoms with Gasteiger partial charge in [0.15, 0.2) is 0 Å². The zero-order chi connectivity index (χ0) is 5.91. The molecule has 0 aliphatic heterocycles. The van der Waals surface area contributed by atoms with Crippen LogP contribution in [0, 0.1) is 0 Å². The van der Waals surface area contributed by atoms with Crippen molar-refractivity contribution in [2.75, 3.05) is 0 Å². The molecule has 7 heavy (non-hydrogen) atoms. The van der Waals surface area contributed by atoms with E-state index in [2.05, 4.69) is 20.4 Å². The third-order valence-corrected chi connectivity index (χ3v) is 4.85. The lowest BCUT2D eigenvalue weighted by atomic mass is 10.9. The van der Waals surface area contributed by atoms with E-state index in [4.69, 9.17) is 5.40 Å². The second kappa shape index (κ2) is 2.48. The van der Waals surface area contributed by atoms with Crippen molar-refractivity contribution in [2.45, 2.75) is 32.5 Å². The van der Waals surface area contributed by atoms with E-state index in [1.54, 1.807) is 0 Å². The Morgan fingerprint density at radius 2 is 1.57 bits per heavy atom. The molecule has 0 aliphatic rings. The van der Waals surface area contributed by atoms with Crippen LogP contribution in [0.1, 0.15) is 13.8 Å². The summed E-state index contributed by atoms with van der Waals surface area (Å²) < 4.78 is 0. The maximum atomic E-state index is 5.85. The third kappa shape index (κ3) is 2.82. The van der Waals surface area contributed by atoms with E-state index in [-0.39, 0.29) is 0 Å². The zero-order valence-electron chi connectivity index (χ0n) is 5.49. The quantitative estimate of drug-likeness (QED) is 0.546. The van der Waals surface area contributed by atoms with Crippen molar-refractivity contribution in [2.24, 2.45) is 5.40 Å². The molecule has 0 spiro atoms. The molecule has 0 rings (SSSR count). The predicted molar refractivity (Wildman–Crippen MR) is 36.8 cm³/mol. The average Bonchev–Trinajstić information content (AvgIpc) is 1.68. The minimum Gasteiger partial charge on any atom is -0.351 e. The van der Waals surface area contributed by atoms with Gasteiger partial charge in [-0.05, 0) is 12.1 Å². The second-order valence-corrected chi connectivity index (χ2v) is 7.08. The molecule has 0 bridgehead atoms. The first-order chi connectivity index (χ1) is 3.12. The topological polar surface area (TPSA) is 26.0 Å². The van der Waals surface area contributed by atoms with E-state index in [9.17, 15) is 0 Å². The molecule has 0 amide bonds. The molecular formula is C5H15NSi. The number of nitrogens with two attached hydrogens (primary N) is 1. The molecule has 0 heterocycles. The van der Waals surface area contributed by atoms with Crippen molar-refractivity contribution in [1.29, 1.82) is 0 Å². The molecule has 0 aromatic rings. The van der Waals surface area contributed by atoms with Gasteiger partial charge in [-0.1, -0.05) is 20.4 Å². The fraction of sp³-hybridized carbons (Fsp3) is 1.00. The molecule has 0 unspecified atom stereocenters. The Morgan fingerprint density at radius 3 is 1.57 bits per heavy atom. The smallest absolute Gasteiger partial charge is 0.119 e. The predicted octanol–water partition coefficient (Wildman–Crippen LogP) is 1.56. The van der Waals surface area contributed by atoms with Crippen LogP contribution in [0.25, 0.3) is 0 Å². The standard InChI is InChI=1S/C5H15NSi/c1-4-7(3,6)5-2/h4-6H2,1-3H3. The molecule has 0 aromatic carbocycles. The molecule has 0 fully saturated rings. The SMILES string of the molecule is CC[Si](C)(N)CC. The summed E-state index contributed by atoms with van der Waals surface area (Å²) in [5.74, 6) is 0. The van der Waals surface area contributed by atoms with Crippen LogP contribution in [0.3, 0.4) is 0 Å². The van der Waals surface area contributed by atoms with Gasteiger partial charge in [-0.3, -0.25) is 0 Å². The van der Waals surface area contributed by atoms with E-state index in [1.165, 1.54) is 12.1 Å². The number of hydrogen-bond donors (Lipinski definition) is 1. The van der Waals surface area contributed by atoms with Crippen LogP contribution in [0.15, 0.2) is 0 Å². The van der Waals surface area contributed by atoms with Crippen LogP contribution >= 0.6 is 0 Å². The molecule has 2 N–H and O–H groups in total. The van der Waals surface area contributed by atoms with Crippen molar-refractivity contribution in [3.63, 3.8) is 0 Å². The maximum Gasteiger partial charge on any atom is 0.119 e. The van der Waals surface area contributed by atoms with Gasteiger partial charge in [-0.25, -0.2) is 0 Å². The molecule has 0 aromatic heterocycles. The van der Waals surface area contributed by atoms with Crippen molar-refractivity contribution in [1.82, 2.24) is 0 Å². The fourth-order valence-corrected chi connectivity index (χ4v) is 0.750. The summed E-state index contributed by atoms with van der Waals surface area (Å²) in [7, 11) is -1.15. The summed E-state index contributed by atoms with van der Waals surface area (Å²) in [4.78, 5) is 0. The van der Waals surface area contributed by atoms with E-state index < -0.39 is 8.24 Å². The molecule has 0 aliphatic carbocycles. The summed E-state index contributed by atoms with van der Waals surface area (Å²) >= 11 is 0. The molecule has 0 saturated heterocycles. The zero-order valence-corrected chi connectivity index (χ0v) is 6.49. The fourth-order valence-electron chi connectivity index (χ4n) is 0.250. The van der Waals surface area contributed by atoms with Crippen molar-refractivity contribution >= 4 is 8.24 Å². The van der Waals surface area contributed by atoms with Crippen LogP contribution in [0.2, 0.25) is 18.6 Å². The van der Waals surface area contributed by atoms with Crippen LogP contribution in [-0.4, -0.2) is 8.24 Å². The lowest BCUT2D eigenvalue weighted by Crippen LogP contribution is -2.39. The summed E-state index contributed by atoms with van der Waals surface area (Å²) in [6, 6.07) is 2.42. The highest BCUT2D eigenvalue weighted by molar-refractivity contribution is 6.75. The summed E-state index contributed by atoms with van der Waals surface area (Å²) in [5.41, 5.74) is 0. The van der Waals surface area contributed by atoms with Crippen molar-refractivity contribution < 1.29 is 0 Å². The molecule has 0 radical (unpaired) electrons. The molecule has 44 valence electrons. The van der Waals surface area contributed by atoms with E-state index in [0.717, 1.165) is 0 Å². The average molecular weight is 117 g/mol. The first kappa shape index (κ1) is 7.18. The Morgan fingerprint density at radius 1 is 1.29 bits per heavy atom. The molecule has 1 nitrogen and oxygen atoms in total. The van der Waals surface area contributed by atoms with Gasteiger partial charge in [0, 0.05) is 0 Å². The van der Waals surface area contributed by atoms with E-state index >= 15 is 0 Å². The normalized spacial score (nSPS) is 12.0. The Hall–Kier alpha value is 0.177. The summed E-state index contributed by atoms with van der Waals surface area (Å²) in [6.07, 6.45) is 0. The molecular weight excluding hydrogens is 102 g/mol. The van der Waals surface area contributed by atoms with Gasteiger partial charge >= 0.3 is 0 Å². The minimum atomic E-state index is -1.15.